The van der Waals surface area contributed by atoms with Gasteiger partial charge in [-0.15, -0.1) is 0 Å². The maximum Gasteiger partial charge on any atom is 0.112 e. The van der Waals surface area contributed by atoms with Gasteiger partial charge in [-0.25, -0.2) is 0 Å². The highest BCUT2D eigenvalue weighted by Gasteiger charge is 2.42. The maximum absolute atomic E-state index is 10.6. The molecule has 0 aromatic rings. The van der Waals surface area contributed by atoms with Crippen molar-refractivity contribution in [3.63, 3.8) is 0 Å². The van der Waals surface area contributed by atoms with Gasteiger partial charge in [0.2, 0.25) is 0 Å². The minimum atomic E-state index is -0.425. The molecule has 0 unspecified atom stereocenters. The van der Waals surface area contributed by atoms with Crippen LogP contribution in [0.2, 0.25) is 0 Å². The van der Waals surface area contributed by atoms with Gasteiger partial charge in [-0.2, -0.15) is 0 Å². The van der Waals surface area contributed by atoms with E-state index in [-0.39, 0.29) is 12.0 Å². The molecule has 0 spiro atoms. The highest BCUT2D eigenvalue weighted by atomic mass is 16.5. The minimum Gasteiger partial charge on any atom is -0.491 e. The Morgan fingerprint density at radius 3 is 2.96 bits per heavy atom. The van der Waals surface area contributed by atoms with Crippen molar-refractivity contribution in [3.8, 4) is 0 Å². The molecule has 3 heteroatoms. The molecule has 0 bridgehead atoms. The lowest BCUT2D eigenvalue weighted by Crippen LogP contribution is -2.23. The van der Waals surface area contributed by atoms with E-state index in [2.05, 4.69) is 32.6 Å². The molecule has 1 fully saturated rings. The average molecular weight is 363 g/mol. The summed E-state index contributed by atoms with van der Waals surface area (Å²) in [5, 5.41) is 20.9. The van der Waals surface area contributed by atoms with Crippen LogP contribution in [0.15, 0.2) is 36.6 Å². The molecule has 1 saturated carbocycles. The molecule has 0 radical (unpaired) electrons. The molecule has 1 aliphatic heterocycles. The van der Waals surface area contributed by atoms with Crippen LogP contribution in [0.25, 0.3) is 0 Å². The molecule has 6 atom stereocenters. The summed E-state index contributed by atoms with van der Waals surface area (Å²) < 4.78 is 6.03. The largest absolute Gasteiger partial charge is 0.491 e. The van der Waals surface area contributed by atoms with E-state index in [4.69, 9.17) is 4.74 Å². The highest BCUT2D eigenvalue weighted by Crippen LogP contribution is 2.40. The van der Waals surface area contributed by atoms with Crippen LogP contribution in [0.4, 0.5) is 0 Å². The van der Waals surface area contributed by atoms with Gasteiger partial charge < -0.3 is 14.9 Å². The molecule has 0 aromatic carbocycles. The number of aliphatic hydroxyl groups is 2. The first kappa shape index (κ1) is 21.2. The van der Waals surface area contributed by atoms with Crippen LogP contribution in [-0.4, -0.2) is 28.5 Å². The molecular weight excluding hydrogens is 324 g/mol. The minimum absolute atomic E-state index is 0.0236. The summed E-state index contributed by atoms with van der Waals surface area (Å²) >= 11 is 0. The molecule has 2 rings (SSSR count). The number of rotatable bonds is 7. The van der Waals surface area contributed by atoms with Crippen LogP contribution in [-0.2, 0) is 4.74 Å². The third-order valence-corrected chi connectivity index (χ3v) is 5.90. The topological polar surface area (TPSA) is 49.7 Å². The zero-order valence-corrected chi connectivity index (χ0v) is 16.6. The van der Waals surface area contributed by atoms with E-state index in [0.29, 0.717) is 24.0 Å². The van der Waals surface area contributed by atoms with Gasteiger partial charge in [0.15, 0.2) is 0 Å². The summed E-state index contributed by atoms with van der Waals surface area (Å²) in [7, 11) is 0. The van der Waals surface area contributed by atoms with Crippen molar-refractivity contribution in [1.82, 2.24) is 0 Å². The Balaban J connectivity index is 1.96. The molecule has 1 aliphatic carbocycles. The van der Waals surface area contributed by atoms with Crippen LogP contribution in [0.1, 0.15) is 71.6 Å². The van der Waals surface area contributed by atoms with Gasteiger partial charge in [-0.1, -0.05) is 64.3 Å². The summed E-state index contributed by atoms with van der Waals surface area (Å²) in [4.78, 5) is 0. The second kappa shape index (κ2) is 10.9. The van der Waals surface area contributed by atoms with Gasteiger partial charge >= 0.3 is 0 Å². The van der Waals surface area contributed by atoms with Crippen molar-refractivity contribution in [3.05, 3.63) is 36.6 Å². The van der Waals surface area contributed by atoms with Crippen LogP contribution < -0.4 is 0 Å². The van der Waals surface area contributed by atoms with Crippen molar-refractivity contribution in [2.45, 2.75) is 89.9 Å². The Kier molecular flexibility index (Phi) is 8.94. The third kappa shape index (κ3) is 6.59. The number of hydrogen-bond acceptors (Lipinski definition) is 3. The van der Waals surface area contributed by atoms with Gasteiger partial charge in [-0.3, -0.25) is 0 Å². The summed E-state index contributed by atoms with van der Waals surface area (Å²) in [6.07, 6.45) is 16.7. The lowest BCUT2D eigenvalue weighted by molar-refractivity contribution is 0.0776. The predicted octanol–water partition coefficient (Wildman–Crippen LogP) is 5.15. The SMILES string of the molecule is C=C1/C=C/CCCC[C@@H]2[C@@H](/C=C/[C@@H](O)C[C@@H](C)CCCC)[C@H](O)C[C@@H]2O1. The number of fused-ring (bicyclic) bond motifs is 1. The van der Waals surface area contributed by atoms with Gasteiger partial charge in [0.25, 0.3) is 0 Å². The highest BCUT2D eigenvalue weighted by molar-refractivity contribution is 5.11. The van der Waals surface area contributed by atoms with Crippen molar-refractivity contribution in [1.29, 1.82) is 0 Å². The fourth-order valence-corrected chi connectivity index (χ4v) is 4.40. The Labute approximate surface area is 159 Å². The van der Waals surface area contributed by atoms with E-state index in [1.54, 1.807) is 0 Å². The first-order valence-corrected chi connectivity index (χ1v) is 10.6. The summed E-state index contributed by atoms with van der Waals surface area (Å²) in [6.45, 7) is 8.39. The van der Waals surface area contributed by atoms with Crippen LogP contribution >= 0.6 is 0 Å². The smallest absolute Gasteiger partial charge is 0.112 e. The molecule has 0 aromatic heterocycles. The second-order valence-electron chi connectivity index (χ2n) is 8.29. The molecule has 0 saturated heterocycles. The van der Waals surface area contributed by atoms with Crippen molar-refractivity contribution in [2.75, 3.05) is 0 Å². The molecule has 2 N–H and O–H groups in total. The van der Waals surface area contributed by atoms with E-state index in [9.17, 15) is 10.2 Å². The zero-order valence-electron chi connectivity index (χ0n) is 16.6. The molecule has 3 nitrogen and oxygen atoms in total. The molecular formula is C23H38O3. The van der Waals surface area contributed by atoms with Crippen molar-refractivity contribution >= 4 is 0 Å². The standard InChI is InChI=1S/C23H38O3/c1-4-5-10-17(2)15-19(24)13-14-20-21-12-9-7-6-8-11-18(3)26-23(21)16-22(20)25/h8,11,13-14,17,19-25H,3-7,9-10,12,15-16H2,1-2H3/b11-8+,14-13+/t17-,19+,20+,21+,22+,23-/m0/s1. The van der Waals surface area contributed by atoms with E-state index in [1.807, 2.05) is 12.2 Å². The average Bonchev–Trinajstić information content (AvgIpc) is 2.89. The van der Waals surface area contributed by atoms with Gasteiger partial charge in [0, 0.05) is 18.3 Å². The summed E-state index contributed by atoms with van der Waals surface area (Å²) in [6, 6.07) is 0. The molecule has 2 aliphatic rings. The summed E-state index contributed by atoms with van der Waals surface area (Å²) in [5.74, 6) is 1.59. The van der Waals surface area contributed by atoms with Crippen molar-refractivity contribution in [2.24, 2.45) is 17.8 Å². The van der Waals surface area contributed by atoms with E-state index in [0.717, 1.165) is 32.1 Å². The number of unbranched alkanes of at least 4 members (excludes halogenated alkanes) is 1. The van der Waals surface area contributed by atoms with E-state index < -0.39 is 12.2 Å². The summed E-state index contributed by atoms with van der Waals surface area (Å²) in [5.41, 5.74) is 0. The van der Waals surface area contributed by atoms with E-state index >= 15 is 0 Å². The fraction of sp³-hybridized carbons (Fsp3) is 0.739. The Morgan fingerprint density at radius 2 is 2.19 bits per heavy atom. The number of allylic oxidation sites excluding steroid dienone is 2. The zero-order chi connectivity index (χ0) is 18.9. The molecule has 26 heavy (non-hydrogen) atoms. The number of hydrogen-bond donors (Lipinski definition) is 2. The lowest BCUT2D eigenvalue weighted by Gasteiger charge is -2.25. The molecule has 148 valence electrons. The van der Waals surface area contributed by atoms with Crippen molar-refractivity contribution < 1.29 is 14.9 Å². The fourth-order valence-electron chi connectivity index (χ4n) is 4.40. The quantitative estimate of drug-likeness (QED) is 0.616. The van der Waals surface area contributed by atoms with Crippen LogP contribution in [0.5, 0.6) is 0 Å². The van der Waals surface area contributed by atoms with Gasteiger partial charge in [0.1, 0.15) is 11.9 Å². The van der Waals surface area contributed by atoms with Gasteiger partial charge in [0.05, 0.1) is 12.2 Å². The third-order valence-electron chi connectivity index (χ3n) is 5.90. The number of aliphatic hydroxyl groups excluding tert-OH is 2. The Bertz CT molecular complexity index is 482. The first-order valence-electron chi connectivity index (χ1n) is 10.6. The maximum atomic E-state index is 10.6. The second-order valence-corrected chi connectivity index (χ2v) is 8.29. The Hall–Kier alpha value is -1.06. The van der Waals surface area contributed by atoms with Crippen LogP contribution in [0.3, 0.4) is 0 Å². The molecule has 0 amide bonds. The number of ether oxygens (including phenoxy) is 1. The Morgan fingerprint density at radius 1 is 1.38 bits per heavy atom. The van der Waals surface area contributed by atoms with Gasteiger partial charge in [-0.05, 0) is 37.7 Å². The van der Waals surface area contributed by atoms with Crippen LogP contribution in [0, 0.1) is 17.8 Å². The first-order chi connectivity index (χ1) is 12.5. The lowest BCUT2D eigenvalue weighted by atomic mass is 9.87. The normalized spacial score (nSPS) is 33.5. The monoisotopic (exact) mass is 362 g/mol. The predicted molar refractivity (Wildman–Crippen MR) is 108 cm³/mol. The van der Waals surface area contributed by atoms with E-state index in [1.165, 1.54) is 19.3 Å². The molecule has 1 heterocycles.